The minimum atomic E-state index is -0.309. The third-order valence-corrected chi connectivity index (χ3v) is 9.91. The van der Waals surface area contributed by atoms with E-state index in [1.165, 1.54) is 57.7 Å². The Kier molecular flexibility index (Phi) is 8.81. The number of ether oxygens (including phenoxy) is 1. The average molecular weight is 605 g/mol. The second kappa shape index (κ2) is 12.9. The second-order valence-corrected chi connectivity index (χ2v) is 13.3. The molecule has 212 valence electrons. The number of benzene rings is 2. The maximum absolute atomic E-state index is 13.3. The van der Waals surface area contributed by atoms with E-state index in [4.69, 9.17) is 17.0 Å². The summed E-state index contributed by atoms with van der Waals surface area (Å²) in [7, 11) is 0. The zero-order valence-electron chi connectivity index (χ0n) is 22.7. The number of nitrogens with zero attached hydrogens (tertiary/aromatic N) is 3. The minimum Gasteiger partial charge on any atom is -0.490 e. The monoisotopic (exact) mass is 604 g/mol. The van der Waals surface area contributed by atoms with Crippen molar-refractivity contribution in [1.29, 1.82) is 0 Å². The fourth-order valence-corrected chi connectivity index (χ4v) is 7.74. The Morgan fingerprint density at radius 1 is 1.10 bits per heavy atom. The fraction of sp³-hybridized carbons (Fsp3) is 0.355. The maximum Gasteiger partial charge on any atom is 0.266 e. The molecule has 0 unspecified atom stereocenters. The van der Waals surface area contributed by atoms with Gasteiger partial charge in [-0.05, 0) is 43.4 Å². The van der Waals surface area contributed by atoms with Crippen LogP contribution >= 0.6 is 35.3 Å². The van der Waals surface area contributed by atoms with Crippen LogP contribution < -0.4 is 10.1 Å². The quantitative estimate of drug-likeness (QED) is 0.241. The molecule has 1 aromatic heterocycles. The summed E-state index contributed by atoms with van der Waals surface area (Å²) in [4.78, 5) is 36.3. The van der Waals surface area contributed by atoms with E-state index in [9.17, 15) is 9.59 Å². The molecule has 1 saturated carbocycles. The van der Waals surface area contributed by atoms with Gasteiger partial charge in [-0.3, -0.25) is 19.4 Å². The smallest absolute Gasteiger partial charge is 0.266 e. The molecular formula is C31H32N4O3S3. The van der Waals surface area contributed by atoms with Crippen LogP contribution in [0.3, 0.4) is 0 Å². The lowest BCUT2D eigenvalue weighted by molar-refractivity contribution is -0.126. The molecule has 41 heavy (non-hydrogen) atoms. The molecule has 3 aromatic rings. The molecule has 2 aliphatic heterocycles. The lowest BCUT2D eigenvalue weighted by atomic mass is 9.97. The van der Waals surface area contributed by atoms with Crippen LogP contribution in [0.1, 0.15) is 53.8 Å². The average Bonchev–Trinajstić information content (AvgIpc) is 3.49. The summed E-state index contributed by atoms with van der Waals surface area (Å²) in [5.74, 6) is 0.200. The van der Waals surface area contributed by atoms with Crippen molar-refractivity contribution in [2.75, 3.05) is 18.4 Å². The van der Waals surface area contributed by atoms with Gasteiger partial charge < -0.3 is 10.1 Å². The van der Waals surface area contributed by atoms with Gasteiger partial charge in [-0.2, -0.15) is 0 Å². The number of rotatable bonds is 8. The van der Waals surface area contributed by atoms with Crippen LogP contribution in [0.2, 0.25) is 0 Å². The van der Waals surface area contributed by atoms with Gasteiger partial charge in [-0.1, -0.05) is 78.9 Å². The van der Waals surface area contributed by atoms with Crippen molar-refractivity contribution in [1.82, 2.24) is 14.8 Å². The van der Waals surface area contributed by atoms with Crippen molar-refractivity contribution in [3.05, 3.63) is 81.2 Å². The summed E-state index contributed by atoms with van der Waals surface area (Å²) in [5, 5.41) is 3.46. The van der Waals surface area contributed by atoms with Crippen LogP contribution in [0.25, 0.3) is 6.08 Å². The lowest BCUT2D eigenvalue weighted by Crippen LogP contribution is -2.36. The van der Waals surface area contributed by atoms with E-state index in [2.05, 4.69) is 39.5 Å². The van der Waals surface area contributed by atoms with Crippen LogP contribution in [-0.2, 0) is 29.1 Å². The summed E-state index contributed by atoms with van der Waals surface area (Å²) < 4.78 is 6.68. The van der Waals surface area contributed by atoms with E-state index in [1.807, 2.05) is 36.4 Å². The number of anilines is 1. The first-order valence-corrected chi connectivity index (χ1v) is 16.1. The van der Waals surface area contributed by atoms with E-state index >= 15 is 0 Å². The molecule has 1 N–H and O–H groups in total. The SMILES string of the molecule is O=C(CN1C(=O)/C(=C/c2ccccc2OC2CCCCC2)SC1=S)Nc1nc2c(s1)CN(Cc1ccccc1)CC2. The molecule has 10 heteroatoms. The number of para-hydroxylation sites is 1. The van der Waals surface area contributed by atoms with Gasteiger partial charge in [0, 0.05) is 36.5 Å². The van der Waals surface area contributed by atoms with Crippen LogP contribution in [-0.4, -0.2) is 50.1 Å². The van der Waals surface area contributed by atoms with Gasteiger partial charge >= 0.3 is 0 Å². The molecular weight excluding hydrogens is 573 g/mol. The number of hydrogen-bond acceptors (Lipinski definition) is 8. The molecule has 2 fully saturated rings. The molecule has 2 aromatic carbocycles. The van der Waals surface area contributed by atoms with E-state index < -0.39 is 0 Å². The summed E-state index contributed by atoms with van der Waals surface area (Å²) >= 11 is 8.21. The van der Waals surface area contributed by atoms with Crippen LogP contribution in [0, 0.1) is 0 Å². The van der Waals surface area contributed by atoms with Gasteiger partial charge in [0.1, 0.15) is 16.6 Å². The van der Waals surface area contributed by atoms with Gasteiger partial charge in [0.2, 0.25) is 5.91 Å². The van der Waals surface area contributed by atoms with Crippen LogP contribution in [0.15, 0.2) is 59.5 Å². The standard InChI is InChI=1S/C31H32N4O3S3/c36-28(33-30-32-24-15-16-34(19-27(24)40-30)18-21-9-3-1-4-10-21)20-35-29(37)26(41-31(35)39)17-22-11-7-8-14-25(22)38-23-12-5-2-6-13-23/h1,3-4,7-11,14,17,23H,2,5-6,12-13,15-16,18-20H2,(H,32,33,36)/b26-17-. The van der Waals surface area contributed by atoms with E-state index in [1.54, 1.807) is 0 Å². The van der Waals surface area contributed by atoms with Crippen molar-refractivity contribution in [3.63, 3.8) is 0 Å². The summed E-state index contributed by atoms with van der Waals surface area (Å²) in [6.07, 6.45) is 8.62. The number of carbonyl (C=O) groups excluding carboxylic acids is 2. The molecule has 1 saturated heterocycles. The first-order valence-electron chi connectivity index (χ1n) is 14.1. The van der Waals surface area contributed by atoms with Crippen LogP contribution in [0.5, 0.6) is 5.75 Å². The summed E-state index contributed by atoms with van der Waals surface area (Å²) in [6.45, 7) is 2.48. The first-order chi connectivity index (χ1) is 20.0. The third-order valence-electron chi connectivity index (χ3n) is 7.53. The van der Waals surface area contributed by atoms with Gasteiger partial charge in [0.05, 0.1) is 16.7 Å². The number of fused-ring (bicyclic) bond motifs is 1. The second-order valence-electron chi connectivity index (χ2n) is 10.6. The Balaban J connectivity index is 1.07. The highest BCUT2D eigenvalue weighted by molar-refractivity contribution is 8.26. The highest BCUT2D eigenvalue weighted by Gasteiger charge is 2.34. The molecule has 6 rings (SSSR count). The first kappa shape index (κ1) is 28.1. The molecule has 7 nitrogen and oxygen atoms in total. The normalized spacial score (nSPS) is 19.0. The molecule has 3 aliphatic rings. The maximum atomic E-state index is 13.3. The minimum absolute atomic E-state index is 0.146. The predicted molar refractivity (Wildman–Crippen MR) is 169 cm³/mol. The Bertz CT molecular complexity index is 1470. The van der Waals surface area contributed by atoms with Crippen molar-refractivity contribution in [2.24, 2.45) is 0 Å². The molecule has 3 heterocycles. The molecule has 1 aliphatic carbocycles. The number of thiocarbonyl (C=S) groups is 1. The van der Waals surface area contributed by atoms with Crippen molar-refractivity contribution in [3.8, 4) is 5.75 Å². The number of nitrogens with one attached hydrogen (secondary N) is 1. The Hall–Kier alpha value is -3.05. The predicted octanol–water partition coefficient (Wildman–Crippen LogP) is 6.25. The van der Waals surface area contributed by atoms with Gasteiger partial charge in [-0.15, -0.1) is 11.3 Å². The number of carbonyl (C=O) groups is 2. The van der Waals surface area contributed by atoms with Crippen LogP contribution in [0.4, 0.5) is 5.13 Å². The van der Waals surface area contributed by atoms with Gasteiger partial charge in [-0.25, -0.2) is 4.98 Å². The summed E-state index contributed by atoms with van der Waals surface area (Å²) in [5.41, 5.74) is 3.17. The lowest BCUT2D eigenvalue weighted by Gasteiger charge is -2.25. The fourth-order valence-electron chi connectivity index (χ4n) is 5.43. The third kappa shape index (κ3) is 6.89. The zero-order chi connectivity index (χ0) is 28.2. The number of amides is 2. The Labute approximate surface area is 254 Å². The zero-order valence-corrected chi connectivity index (χ0v) is 25.2. The van der Waals surface area contributed by atoms with Gasteiger partial charge in [0.15, 0.2) is 5.13 Å². The molecule has 0 spiro atoms. The molecule has 0 bridgehead atoms. The number of hydrogen-bond donors (Lipinski definition) is 1. The van der Waals surface area contributed by atoms with E-state index in [-0.39, 0.29) is 24.5 Å². The van der Waals surface area contributed by atoms with E-state index in [0.29, 0.717) is 14.4 Å². The molecule has 2 amide bonds. The number of aromatic nitrogens is 1. The van der Waals surface area contributed by atoms with Gasteiger partial charge in [0.25, 0.3) is 5.91 Å². The van der Waals surface area contributed by atoms with Crippen molar-refractivity contribution < 1.29 is 14.3 Å². The Morgan fingerprint density at radius 3 is 2.71 bits per heavy atom. The highest BCUT2D eigenvalue weighted by atomic mass is 32.2. The highest BCUT2D eigenvalue weighted by Crippen LogP contribution is 2.35. The number of thiazole rings is 1. The molecule has 0 atom stereocenters. The summed E-state index contributed by atoms with van der Waals surface area (Å²) in [6, 6.07) is 18.2. The largest absolute Gasteiger partial charge is 0.490 e. The molecule has 0 radical (unpaired) electrons. The topological polar surface area (TPSA) is 74.8 Å². The van der Waals surface area contributed by atoms with Crippen molar-refractivity contribution in [2.45, 2.75) is 57.7 Å². The van der Waals surface area contributed by atoms with E-state index in [0.717, 1.165) is 55.9 Å². The number of thioether (sulfide) groups is 1. The Morgan fingerprint density at radius 2 is 1.88 bits per heavy atom. The van der Waals surface area contributed by atoms with Crippen molar-refractivity contribution >= 4 is 62.7 Å².